The minimum Gasteiger partial charge on any atom is -0.481 e. The molecule has 0 saturated carbocycles. The van der Waals surface area contributed by atoms with E-state index >= 15 is 0 Å². The van der Waals surface area contributed by atoms with Crippen molar-refractivity contribution in [2.24, 2.45) is 11.8 Å². The number of hydrogen-bond acceptors (Lipinski definition) is 4. The first-order valence-electron chi connectivity index (χ1n) is 4.75. The summed E-state index contributed by atoms with van der Waals surface area (Å²) in [5, 5.41) is 17.7. The Morgan fingerprint density at radius 3 is 2.25 bits per heavy atom. The van der Waals surface area contributed by atoms with E-state index in [-0.39, 0.29) is 18.6 Å². The SMILES string of the molecule is CC(=O)OC1=CCC(C(=O)O)C(C(=O)O)C1. The minimum absolute atomic E-state index is 0.0636. The summed E-state index contributed by atoms with van der Waals surface area (Å²) in [5.74, 6) is -4.65. The van der Waals surface area contributed by atoms with Gasteiger partial charge in [0.2, 0.25) is 0 Å². The van der Waals surface area contributed by atoms with E-state index in [0.717, 1.165) is 0 Å². The maximum absolute atomic E-state index is 10.9. The molecule has 0 aromatic heterocycles. The van der Waals surface area contributed by atoms with Gasteiger partial charge < -0.3 is 14.9 Å². The molecule has 0 saturated heterocycles. The third-order valence-corrected chi connectivity index (χ3v) is 2.42. The molecule has 0 aromatic rings. The average molecular weight is 228 g/mol. The predicted molar refractivity (Wildman–Crippen MR) is 51.3 cm³/mol. The molecule has 0 bridgehead atoms. The number of ether oxygens (including phenoxy) is 1. The van der Waals surface area contributed by atoms with Crippen LogP contribution in [0.3, 0.4) is 0 Å². The molecule has 1 aliphatic carbocycles. The lowest BCUT2D eigenvalue weighted by Crippen LogP contribution is -2.32. The molecule has 6 heteroatoms. The van der Waals surface area contributed by atoms with Crippen molar-refractivity contribution in [3.05, 3.63) is 11.8 Å². The molecule has 2 N–H and O–H groups in total. The van der Waals surface area contributed by atoms with Crippen LogP contribution in [-0.4, -0.2) is 28.1 Å². The van der Waals surface area contributed by atoms with Crippen molar-refractivity contribution < 1.29 is 29.3 Å². The molecular weight excluding hydrogens is 216 g/mol. The quantitative estimate of drug-likeness (QED) is 0.687. The second-order valence-corrected chi connectivity index (χ2v) is 3.59. The van der Waals surface area contributed by atoms with Gasteiger partial charge in [-0.05, 0) is 12.5 Å². The molecule has 16 heavy (non-hydrogen) atoms. The van der Waals surface area contributed by atoms with Crippen LogP contribution in [0.5, 0.6) is 0 Å². The Bertz CT molecular complexity index is 356. The van der Waals surface area contributed by atoms with Gasteiger partial charge in [0.25, 0.3) is 0 Å². The highest BCUT2D eigenvalue weighted by Gasteiger charge is 2.37. The second-order valence-electron chi connectivity index (χ2n) is 3.59. The van der Waals surface area contributed by atoms with Gasteiger partial charge in [0.15, 0.2) is 0 Å². The van der Waals surface area contributed by atoms with Gasteiger partial charge in [0.05, 0.1) is 11.8 Å². The van der Waals surface area contributed by atoms with Crippen molar-refractivity contribution in [2.75, 3.05) is 0 Å². The smallest absolute Gasteiger partial charge is 0.307 e. The summed E-state index contributed by atoms with van der Waals surface area (Å²) in [6.07, 6.45) is 1.46. The Morgan fingerprint density at radius 1 is 1.25 bits per heavy atom. The Hall–Kier alpha value is -1.85. The monoisotopic (exact) mass is 228 g/mol. The molecule has 2 atom stereocenters. The van der Waals surface area contributed by atoms with E-state index in [9.17, 15) is 14.4 Å². The summed E-state index contributed by atoms with van der Waals surface area (Å²) < 4.78 is 4.77. The summed E-state index contributed by atoms with van der Waals surface area (Å²) in [4.78, 5) is 32.3. The second kappa shape index (κ2) is 4.78. The molecule has 0 fully saturated rings. The van der Waals surface area contributed by atoms with E-state index in [4.69, 9.17) is 14.9 Å². The van der Waals surface area contributed by atoms with Crippen LogP contribution < -0.4 is 0 Å². The van der Waals surface area contributed by atoms with Crippen LogP contribution in [0.2, 0.25) is 0 Å². The summed E-state index contributed by atoms with van der Waals surface area (Å²) in [6.45, 7) is 1.21. The lowest BCUT2D eigenvalue weighted by molar-refractivity contribution is -0.155. The topological polar surface area (TPSA) is 101 Å². The number of aliphatic carboxylic acids is 2. The zero-order valence-electron chi connectivity index (χ0n) is 8.67. The van der Waals surface area contributed by atoms with Gasteiger partial charge in [-0.1, -0.05) is 0 Å². The number of carboxylic acids is 2. The maximum atomic E-state index is 10.9. The van der Waals surface area contributed by atoms with Crippen molar-refractivity contribution >= 4 is 17.9 Å². The van der Waals surface area contributed by atoms with E-state index in [1.165, 1.54) is 13.0 Å². The number of esters is 1. The van der Waals surface area contributed by atoms with Gasteiger partial charge in [0, 0.05) is 13.3 Å². The Balaban J connectivity index is 2.82. The first-order chi connectivity index (χ1) is 7.41. The fourth-order valence-electron chi connectivity index (χ4n) is 1.67. The molecular formula is C10H12O6. The van der Waals surface area contributed by atoms with Gasteiger partial charge in [-0.15, -0.1) is 0 Å². The first kappa shape index (κ1) is 12.2. The fourth-order valence-corrected chi connectivity index (χ4v) is 1.67. The standard InChI is InChI=1S/C10H12O6/c1-5(11)16-6-2-3-7(9(12)13)8(4-6)10(14)15/h2,7-8H,3-4H2,1H3,(H,12,13)(H,14,15). The predicted octanol–water partition coefficient (Wildman–Crippen LogP) is 0.629. The Kier molecular flexibility index (Phi) is 3.65. The zero-order valence-corrected chi connectivity index (χ0v) is 8.67. The van der Waals surface area contributed by atoms with Crippen molar-refractivity contribution in [2.45, 2.75) is 19.8 Å². The lowest BCUT2D eigenvalue weighted by Gasteiger charge is -2.24. The summed E-state index contributed by atoms with van der Waals surface area (Å²) in [5.41, 5.74) is 0. The molecule has 0 amide bonds. The largest absolute Gasteiger partial charge is 0.481 e. The van der Waals surface area contributed by atoms with Crippen LogP contribution in [0.1, 0.15) is 19.8 Å². The molecule has 88 valence electrons. The number of carboxylic acid groups (broad SMARTS) is 2. The van der Waals surface area contributed by atoms with Crippen molar-refractivity contribution in [3.8, 4) is 0 Å². The average Bonchev–Trinajstić information content (AvgIpc) is 2.16. The minimum atomic E-state index is -1.19. The fraction of sp³-hybridized carbons (Fsp3) is 0.500. The van der Waals surface area contributed by atoms with Gasteiger partial charge in [-0.25, -0.2) is 0 Å². The van der Waals surface area contributed by atoms with E-state index in [1.54, 1.807) is 0 Å². The summed E-state index contributed by atoms with van der Waals surface area (Å²) >= 11 is 0. The van der Waals surface area contributed by atoms with Crippen molar-refractivity contribution in [3.63, 3.8) is 0 Å². The molecule has 0 aliphatic heterocycles. The third-order valence-electron chi connectivity index (χ3n) is 2.42. The lowest BCUT2D eigenvalue weighted by atomic mass is 9.82. The van der Waals surface area contributed by atoms with E-state index < -0.39 is 29.7 Å². The van der Waals surface area contributed by atoms with Gasteiger partial charge in [0.1, 0.15) is 5.76 Å². The normalized spacial score (nSPS) is 24.4. The van der Waals surface area contributed by atoms with Gasteiger partial charge in [-0.3, -0.25) is 14.4 Å². The molecule has 0 spiro atoms. The zero-order chi connectivity index (χ0) is 12.3. The van der Waals surface area contributed by atoms with E-state index in [0.29, 0.717) is 0 Å². The molecule has 1 rings (SSSR count). The first-order valence-corrected chi connectivity index (χ1v) is 4.75. The van der Waals surface area contributed by atoms with Crippen molar-refractivity contribution in [1.82, 2.24) is 0 Å². The third kappa shape index (κ3) is 2.82. The van der Waals surface area contributed by atoms with Crippen LogP contribution >= 0.6 is 0 Å². The number of carbonyl (C=O) groups is 3. The van der Waals surface area contributed by atoms with E-state index in [2.05, 4.69) is 0 Å². The highest BCUT2D eigenvalue weighted by Crippen LogP contribution is 2.30. The molecule has 0 radical (unpaired) electrons. The molecule has 0 aromatic carbocycles. The van der Waals surface area contributed by atoms with Crippen LogP contribution in [0.25, 0.3) is 0 Å². The van der Waals surface area contributed by atoms with E-state index in [1.807, 2.05) is 0 Å². The van der Waals surface area contributed by atoms with Gasteiger partial charge in [-0.2, -0.15) is 0 Å². The number of hydrogen-bond donors (Lipinski definition) is 2. The molecule has 1 aliphatic rings. The van der Waals surface area contributed by atoms with Gasteiger partial charge >= 0.3 is 17.9 Å². The van der Waals surface area contributed by atoms with Crippen LogP contribution in [0.15, 0.2) is 11.8 Å². The van der Waals surface area contributed by atoms with Crippen molar-refractivity contribution in [1.29, 1.82) is 0 Å². The molecule has 2 unspecified atom stereocenters. The number of carbonyl (C=O) groups excluding carboxylic acids is 1. The van der Waals surface area contributed by atoms with Crippen LogP contribution in [0, 0.1) is 11.8 Å². The highest BCUT2D eigenvalue weighted by molar-refractivity contribution is 5.81. The maximum Gasteiger partial charge on any atom is 0.307 e. The summed E-state index contributed by atoms with van der Waals surface area (Å²) in [6, 6.07) is 0. The molecule has 0 heterocycles. The number of rotatable bonds is 3. The van der Waals surface area contributed by atoms with Crippen LogP contribution in [0.4, 0.5) is 0 Å². The summed E-state index contributed by atoms with van der Waals surface area (Å²) in [7, 11) is 0. The van der Waals surface area contributed by atoms with Crippen LogP contribution in [-0.2, 0) is 19.1 Å². The Morgan fingerprint density at radius 2 is 1.81 bits per heavy atom. The molecule has 6 nitrogen and oxygen atoms in total. The highest BCUT2D eigenvalue weighted by atomic mass is 16.5. The Labute approximate surface area is 91.5 Å². The number of allylic oxidation sites excluding steroid dienone is 2.